The molecule has 0 bridgehead atoms. The van der Waals surface area contributed by atoms with E-state index in [9.17, 15) is 4.79 Å². The summed E-state index contributed by atoms with van der Waals surface area (Å²) in [6.45, 7) is 2.41. The Balaban J connectivity index is 1.45. The number of ether oxygens (including phenoxy) is 3. The maximum Gasteiger partial charge on any atom is 0.335 e. The van der Waals surface area contributed by atoms with Crippen molar-refractivity contribution < 1.29 is 23.4 Å². The third kappa shape index (κ3) is 4.69. The van der Waals surface area contributed by atoms with Crippen LogP contribution in [0, 0.1) is 6.92 Å². The van der Waals surface area contributed by atoms with E-state index in [0.29, 0.717) is 25.3 Å². The van der Waals surface area contributed by atoms with Crippen molar-refractivity contribution in [2.24, 2.45) is 0 Å². The standard InChI is InChI=1S/C25H25NO5S/c1-16-20(26-24(31-16)17-7-5-4-6-8-17)11-13-30-21-10-9-18(23-19(21)12-14-32-23)15-22(28-2)25(27)29-3/h4-10,12,14,22H,11,13,15H2,1-3H3. The Morgan fingerprint density at radius 2 is 1.94 bits per heavy atom. The number of hydrogen-bond acceptors (Lipinski definition) is 7. The Bertz CT molecular complexity index is 1200. The van der Waals surface area contributed by atoms with Crippen molar-refractivity contribution in [2.45, 2.75) is 25.9 Å². The normalized spacial score (nSPS) is 12.1. The van der Waals surface area contributed by atoms with Gasteiger partial charge in [-0.3, -0.25) is 0 Å². The average molecular weight is 452 g/mol. The summed E-state index contributed by atoms with van der Waals surface area (Å²) in [5, 5.41) is 3.04. The molecule has 2 aromatic heterocycles. The fourth-order valence-electron chi connectivity index (χ4n) is 3.60. The van der Waals surface area contributed by atoms with Crippen molar-refractivity contribution in [3.63, 3.8) is 0 Å². The number of oxazole rings is 1. The monoisotopic (exact) mass is 451 g/mol. The van der Waals surface area contributed by atoms with Gasteiger partial charge in [0.15, 0.2) is 6.10 Å². The van der Waals surface area contributed by atoms with Crippen LogP contribution in [-0.4, -0.2) is 37.9 Å². The number of thiophene rings is 1. The molecule has 2 aromatic carbocycles. The van der Waals surface area contributed by atoms with Crippen molar-refractivity contribution in [1.82, 2.24) is 4.98 Å². The largest absolute Gasteiger partial charge is 0.493 e. The summed E-state index contributed by atoms with van der Waals surface area (Å²) in [4.78, 5) is 16.5. The Labute approximate surface area is 190 Å². The van der Waals surface area contributed by atoms with E-state index in [4.69, 9.17) is 18.6 Å². The molecular formula is C25H25NO5S. The zero-order valence-corrected chi connectivity index (χ0v) is 19.1. The predicted molar refractivity (Wildman–Crippen MR) is 124 cm³/mol. The highest BCUT2D eigenvalue weighted by Gasteiger charge is 2.21. The molecule has 1 unspecified atom stereocenters. The van der Waals surface area contributed by atoms with Gasteiger partial charge in [0.25, 0.3) is 0 Å². The minimum Gasteiger partial charge on any atom is -0.493 e. The molecular weight excluding hydrogens is 426 g/mol. The molecule has 0 amide bonds. The van der Waals surface area contributed by atoms with E-state index in [1.165, 1.54) is 14.2 Å². The van der Waals surface area contributed by atoms with Crippen LogP contribution in [0.3, 0.4) is 0 Å². The molecule has 0 aliphatic rings. The number of benzene rings is 2. The number of carbonyl (C=O) groups excluding carboxylic acids is 1. The number of hydrogen-bond donors (Lipinski definition) is 0. The van der Waals surface area contributed by atoms with Gasteiger partial charge < -0.3 is 18.6 Å². The maximum atomic E-state index is 11.9. The van der Waals surface area contributed by atoms with Crippen LogP contribution < -0.4 is 4.74 Å². The second-order valence-electron chi connectivity index (χ2n) is 7.32. The van der Waals surface area contributed by atoms with Crippen LogP contribution in [0.4, 0.5) is 0 Å². The second kappa shape index (κ2) is 9.97. The van der Waals surface area contributed by atoms with E-state index in [2.05, 4.69) is 4.98 Å². The summed E-state index contributed by atoms with van der Waals surface area (Å²) in [5.41, 5.74) is 2.88. The second-order valence-corrected chi connectivity index (χ2v) is 8.24. The third-order valence-electron chi connectivity index (χ3n) is 5.32. The summed E-state index contributed by atoms with van der Waals surface area (Å²) in [7, 11) is 2.88. The molecule has 0 saturated heterocycles. The number of methoxy groups -OCH3 is 2. The minimum atomic E-state index is -0.633. The van der Waals surface area contributed by atoms with Gasteiger partial charge >= 0.3 is 5.97 Å². The molecule has 2 heterocycles. The number of nitrogens with zero attached hydrogens (tertiary/aromatic N) is 1. The van der Waals surface area contributed by atoms with Gasteiger partial charge in [0, 0.05) is 35.6 Å². The Morgan fingerprint density at radius 3 is 2.69 bits per heavy atom. The SMILES string of the molecule is COC(=O)C(Cc1ccc(OCCc2nc(-c3ccccc3)oc2C)c2ccsc12)OC. The fraction of sp³-hybridized carbons (Fsp3) is 0.280. The van der Waals surface area contributed by atoms with E-state index in [0.717, 1.165) is 38.4 Å². The smallest absolute Gasteiger partial charge is 0.335 e. The minimum absolute atomic E-state index is 0.379. The van der Waals surface area contributed by atoms with Crippen LogP contribution in [-0.2, 0) is 27.1 Å². The van der Waals surface area contributed by atoms with E-state index in [1.54, 1.807) is 11.3 Å². The molecule has 166 valence electrons. The van der Waals surface area contributed by atoms with Gasteiger partial charge in [-0.25, -0.2) is 9.78 Å². The lowest BCUT2D eigenvalue weighted by Crippen LogP contribution is -2.26. The number of aryl methyl sites for hydroxylation is 1. The van der Waals surface area contributed by atoms with Crippen LogP contribution in [0.15, 0.2) is 58.3 Å². The summed E-state index contributed by atoms with van der Waals surface area (Å²) >= 11 is 1.62. The first kappa shape index (κ1) is 22.0. The summed E-state index contributed by atoms with van der Waals surface area (Å²) in [6, 6.07) is 15.8. The molecule has 0 saturated carbocycles. The van der Waals surface area contributed by atoms with Crippen LogP contribution in [0.1, 0.15) is 17.0 Å². The summed E-state index contributed by atoms with van der Waals surface area (Å²) in [6.07, 6.45) is 0.454. The van der Waals surface area contributed by atoms with E-state index < -0.39 is 6.10 Å². The molecule has 0 fully saturated rings. The maximum absolute atomic E-state index is 11.9. The molecule has 0 N–H and O–H groups in total. The lowest BCUT2D eigenvalue weighted by atomic mass is 10.1. The number of fused-ring (bicyclic) bond motifs is 1. The number of rotatable bonds is 9. The highest BCUT2D eigenvalue weighted by Crippen LogP contribution is 2.34. The van der Waals surface area contributed by atoms with Crippen LogP contribution in [0.25, 0.3) is 21.5 Å². The number of carbonyl (C=O) groups is 1. The highest BCUT2D eigenvalue weighted by atomic mass is 32.1. The van der Waals surface area contributed by atoms with Crippen LogP contribution >= 0.6 is 11.3 Å². The first-order valence-electron chi connectivity index (χ1n) is 10.3. The third-order valence-corrected chi connectivity index (χ3v) is 6.31. The highest BCUT2D eigenvalue weighted by molar-refractivity contribution is 7.17. The summed E-state index contributed by atoms with van der Waals surface area (Å²) in [5.74, 6) is 1.86. The Morgan fingerprint density at radius 1 is 1.12 bits per heavy atom. The number of aromatic nitrogens is 1. The van der Waals surface area contributed by atoms with Gasteiger partial charge in [0.1, 0.15) is 11.5 Å². The number of esters is 1. The van der Waals surface area contributed by atoms with E-state index >= 15 is 0 Å². The average Bonchev–Trinajstić information content (AvgIpc) is 3.46. The van der Waals surface area contributed by atoms with Crippen molar-refractivity contribution in [3.8, 4) is 17.2 Å². The molecule has 0 aliphatic carbocycles. The molecule has 0 aliphatic heterocycles. The molecule has 7 heteroatoms. The van der Waals surface area contributed by atoms with Crippen LogP contribution in [0.5, 0.6) is 5.75 Å². The Hall–Kier alpha value is -3.16. The van der Waals surface area contributed by atoms with Crippen molar-refractivity contribution >= 4 is 27.4 Å². The lowest BCUT2D eigenvalue weighted by Gasteiger charge is -2.14. The van der Waals surface area contributed by atoms with Gasteiger partial charge in [-0.2, -0.15) is 0 Å². The topological polar surface area (TPSA) is 70.8 Å². The first-order chi connectivity index (χ1) is 15.6. The molecule has 4 rings (SSSR count). The predicted octanol–water partition coefficient (Wildman–Crippen LogP) is 5.22. The van der Waals surface area contributed by atoms with Gasteiger partial charge in [0.2, 0.25) is 5.89 Å². The van der Waals surface area contributed by atoms with E-state index in [1.807, 2.05) is 60.8 Å². The Kier molecular flexibility index (Phi) is 6.87. The lowest BCUT2D eigenvalue weighted by molar-refractivity contribution is -0.152. The van der Waals surface area contributed by atoms with Gasteiger partial charge in [-0.15, -0.1) is 11.3 Å². The molecule has 1 atom stereocenters. The molecule has 0 radical (unpaired) electrons. The zero-order valence-electron chi connectivity index (χ0n) is 18.3. The van der Waals surface area contributed by atoms with Gasteiger partial charge in [-0.1, -0.05) is 24.3 Å². The zero-order chi connectivity index (χ0) is 22.5. The fourth-order valence-corrected chi connectivity index (χ4v) is 4.53. The van der Waals surface area contributed by atoms with Crippen molar-refractivity contribution in [2.75, 3.05) is 20.8 Å². The molecule has 4 aromatic rings. The van der Waals surface area contributed by atoms with Gasteiger partial charge in [0.05, 0.1) is 19.4 Å². The van der Waals surface area contributed by atoms with Crippen molar-refractivity contribution in [3.05, 3.63) is 70.9 Å². The quantitative estimate of drug-likeness (QED) is 0.325. The first-order valence-corrected chi connectivity index (χ1v) is 11.2. The molecule has 32 heavy (non-hydrogen) atoms. The van der Waals surface area contributed by atoms with Crippen molar-refractivity contribution in [1.29, 1.82) is 0 Å². The summed E-state index contributed by atoms with van der Waals surface area (Å²) < 4.78 is 23.2. The van der Waals surface area contributed by atoms with Gasteiger partial charge in [-0.05, 0) is 42.1 Å². The van der Waals surface area contributed by atoms with Crippen LogP contribution in [0.2, 0.25) is 0 Å². The molecule has 6 nitrogen and oxygen atoms in total. The van der Waals surface area contributed by atoms with E-state index in [-0.39, 0.29) is 5.97 Å². The molecule has 0 spiro atoms.